The smallest absolute Gasteiger partial charge is 0.376 e. The summed E-state index contributed by atoms with van der Waals surface area (Å²) in [6.45, 7) is 0. The van der Waals surface area contributed by atoms with Crippen molar-refractivity contribution in [2.45, 2.75) is 5.51 Å². The van der Waals surface area contributed by atoms with Gasteiger partial charge in [0.05, 0.1) is 4.92 Å². The maximum atomic E-state index is 12.5. The zero-order valence-corrected chi connectivity index (χ0v) is 14.5. The summed E-state index contributed by atoms with van der Waals surface area (Å²) in [4.78, 5) is 21.3. The number of primary amides is 1. The Balaban J connectivity index is 2.57. The summed E-state index contributed by atoms with van der Waals surface area (Å²) in [5.74, 6) is -1.55. The van der Waals surface area contributed by atoms with E-state index in [0.717, 1.165) is 24.3 Å². The molecule has 0 radical (unpaired) electrons. The van der Waals surface area contributed by atoms with Gasteiger partial charge < -0.3 is 9.92 Å². The van der Waals surface area contributed by atoms with Gasteiger partial charge in [-0.15, -0.1) is 0 Å². The van der Waals surface area contributed by atoms with Crippen LogP contribution in [0.3, 0.4) is 0 Å². The Labute approximate surface area is 156 Å². The molecule has 0 heterocycles. The van der Waals surface area contributed by atoms with Crippen LogP contribution in [0, 0.1) is 10.1 Å². The summed E-state index contributed by atoms with van der Waals surface area (Å²) in [5.41, 5.74) is -0.272. The van der Waals surface area contributed by atoms with Gasteiger partial charge >= 0.3 is 15.6 Å². The molecule has 2 N–H and O–H groups in total. The summed E-state index contributed by atoms with van der Waals surface area (Å²) in [6, 6.07) is 8.36. The second-order valence-corrected chi connectivity index (χ2v) is 6.81. The van der Waals surface area contributed by atoms with Crippen molar-refractivity contribution >= 4 is 27.8 Å². The standard InChI is InChI=1S/C16H11F3N2O6S/c17-16(18,19)28(25,26)27-13-5-6-14(11(9-13)4-7-15(20)22)10-2-1-3-12(8-10)21(23)24/h1-9H,(H2,20,22)/b7-4+. The molecule has 1 amide bonds. The number of amides is 1. The first-order valence-corrected chi connectivity index (χ1v) is 8.69. The van der Waals surface area contributed by atoms with E-state index >= 15 is 0 Å². The molecule has 2 aromatic carbocycles. The van der Waals surface area contributed by atoms with Gasteiger partial charge in [0.1, 0.15) is 5.75 Å². The number of hydrogen-bond acceptors (Lipinski definition) is 6. The van der Waals surface area contributed by atoms with Crippen molar-refractivity contribution in [3.63, 3.8) is 0 Å². The highest BCUT2D eigenvalue weighted by Gasteiger charge is 2.48. The molecule has 2 aromatic rings. The van der Waals surface area contributed by atoms with Gasteiger partial charge in [-0.1, -0.05) is 18.2 Å². The number of non-ortho nitro benzene ring substituents is 1. The lowest BCUT2D eigenvalue weighted by Gasteiger charge is -2.12. The third kappa shape index (κ3) is 4.85. The third-order valence-corrected chi connectivity index (χ3v) is 4.29. The molecule has 2 rings (SSSR count). The van der Waals surface area contributed by atoms with Crippen LogP contribution in [-0.4, -0.2) is 24.8 Å². The minimum atomic E-state index is -5.90. The van der Waals surface area contributed by atoms with E-state index in [0.29, 0.717) is 5.56 Å². The highest BCUT2D eigenvalue weighted by molar-refractivity contribution is 7.88. The van der Waals surface area contributed by atoms with E-state index < -0.39 is 32.2 Å². The van der Waals surface area contributed by atoms with Crippen LogP contribution in [-0.2, 0) is 14.9 Å². The van der Waals surface area contributed by atoms with E-state index in [4.69, 9.17) is 5.73 Å². The van der Waals surface area contributed by atoms with Gasteiger partial charge in [0, 0.05) is 18.2 Å². The van der Waals surface area contributed by atoms with Crippen LogP contribution in [0.4, 0.5) is 18.9 Å². The van der Waals surface area contributed by atoms with E-state index in [1.165, 1.54) is 30.3 Å². The van der Waals surface area contributed by atoms with Gasteiger partial charge in [0.25, 0.3) is 5.69 Å². The van der Waals surface area contributed by atoms with E-state index in [1.807, 2.05) is 0 Å². The molecule has 0 unspecified atom stereocenters. The Morgan fingerprint density at radius 2 is 1.86 bits per heavy atom. The molecule has 0 spiro atoms. The second kappa shape index (κ2) is 7.68. The Kier molecular flexibility index (Phi) is 5.73. The molecular weight excluding hydrogens is 405 g/mol. The van der Waals surface area contributed by atoms with Gasteiger partial charge in [-0.25, -0.2) is 0 Å². The van der Waals surface area contributed by atoms with Crippen molar-refractivity contribution in [3.8, 4) is 16.9 Å². The van der Waals surface area contributed by atoms with E-state index in [2.05, 4.69) is 4.18 Å². The van der Waals surface area contributed by atoms with Gasteiger partial charge in [0.15, 0.2) is 0 Å². The lowest BCUT2D eigenvalue weighted by molar-refractivity contribution is -0.384. The summed E-state index contributed by atoms with van der Waals surface area (Å²) in [7, 11) is -5.90. The number of carbonyl (C=O) groups is 1. The van der Waals surface area contributed by atoms with Crippen LogP contribution in [0.1, 0.15) is 5.56 Å². The van der Waals surface area contributed by atoms with Crippen molar-refractivity contribution in [2.75, 3.05) is 0 Å². The lowest BCUT2D eigenvalue weighted by Crippen LogP contribution is -2.28. The SMILES string of the molecule is NC(=O)/C=C/c1cc(OS(=O)(=O)C(F)(F)F)ccc1-c1cccc([N+](=O)[O-])c1. The number of benzene rings is 2. The third-order valence-electron chi connectivity index (χ3n) is 3.31. The molecule has 12 heteroatoms. The maximum absolute atomic E-state index is 12.5. The monoisotopic (exact) mass is 416 g/mol. The fraction of sp³-hybridized carbons (Fsp3) is 0.0625. The van der Waals surface area contributed by atoms with Crippen LogP contribution in [0.5, 0.6) is 5.75 Å². The van der Waals surface area contributed by atoms with Crippen molar-refractivity contribution in [1.29, 1.82) is 0 Å². The number of alkyl halides is 3. The first-order valence-electron chi connectivity index (χ1n) is 7.28. The molecule has 28 heavy (non-hydrogen) atoms. The average Bonchev–Trinajstić information content (AvgIpc) is 2.59. The molecule has 0 atom stereocenters. The average molecular weight is 416 g/mol. The Morgan fingerprint density at radius 1 is 1.18 bits per heavy atom. The van der Waals surface area contributed by atoms with Crippen molar-refractivity contribution < 1.29 is 35.5 Å². The predicted molar refractivity (Wildman–Crippen MR) is 92.4 cm³/mol. The Hall–Kier alpha value is -3.41. The first-order chi connectivity index (χ1) is 12.9. The molecule has 0 bridgehead atoms. The van der Waals surface area contributed by atoms with Gasteiger partial charge in [-0.05, 0) is 34.9 Å². The molecule has 0 aliphatic rings. The van der Waals surface area contributed by atoms with E-state index in [-0.39, 0.29) is 16.8 Å². The number of halogens is 3. The largest absolute Gasteiger partial charge is 0.534 e. The fourth-order valence-electron chi connectivity index (χ4n) is 2.13. The zero-order chi connectivity index (χ0) is 21.1. The van der Waals surface area contributed by atoms with Crippen LogP contribution in [0.25, 0.3) is 17.2 Å². The number of nitro benzene ring substituents is 1. The quantitative estimate of drug-likeness (QED) is 0.253. The summed E-state index contributed by atoms with van der Waals surface area (Å²) in [5, 5.41) is 10.9. The molecule has 0 saturated heterocycles. The minimum Gasteiger partial charge on any atom is -0.376 e. The summed E-state index contributed by atoms with van der Waals surface area (Å²) in [6.07, 6.45) is 2.00. The minimum absolute atomic E-state index is 0.0502. The Bertz CT molecular complexity index is 1060. The van der Waals surface area contributed by atoms with E-state index in [1.54, 1.807) is 0 Å². The number of nitrogens with zero attached hydrogens (tertiary/aromatic N) is 1. The maximum Gasteiger partial charge on any atom is 0.534 e. The van der Waals surface area contributed by atoms with Crippen molar-refractivity contribution in [3.05, 3.63) is 64.2 Å². The molecule has 0 fully saturated rings. The molecule has 148 valence electrons. The van der Waals surface area contributed by atoms with Crippen LogP contribution in [0.2, 0.25) is 0 Å². The lowest BCUT2D eigenvalue weighted by atomic mass is 9.98. The topological polar surface area (TPSA) is 130 Å². The number of rotatable bonds is 6. The number of nitrogens with two attached hydrogens (primary N) is 1. The molecule has 0 aliphatic heterocycles. The zero-order valence-electron chi connectivity index (χ0n) is 13.7. The molecule has 8 nitrogen and oxygen atoms in total. The normalized spacial score (nSPS) is 12.1. The van der Waals surface area contributed by atoms with Crippen LogP contribution >= 0.6 is 0 Å². The van der Waals surface area contributed by atoms with Crippen molar-refractivity contribution in [1.82, 2.24) is 0 Å². The van der Waals surface area contributed by atoms with Crippen LogP contribution in [0.15, 0.2) is 48.5 Å². The molecule has 0 aromatic heterocycles. The van der Waals surface area contributed by atoms with Crippen LogP contribution < -0.4 is 9.92 Å². The first kappa shape index (κ1) is 20.9. The summed E-state index contributed by atoms with van der Waals surface area (Å²) >= 11 is 0. The Morgan fingerprint density at radius 3 is 2.43 bits per heavy atom. The number of carbonyl (C=O) groups excluding carboxylic acids is 1. The molecular formula is C16H11F3N2O6S. The van der Waals surface area contributed by atoms with Gasteiger partial charge in [-0.2, -0.15) is 21.6 Å². The summed E-state index contributed by atoms with van der Waals surface area (Å²) < 4.78 is 63.8. The number of nitro groups is 1. The fourth-order valence-corrected chi connectivity index (χ4v) is 2.58. The van der Waals surface area contributed by atoms with E-state index in [9.17, 15) is 36.5 Å². The number of hydrogen-bond donors (Lipinski definition) is 1. The second-order valence-electron chi connectivity index (χ2n) is 5.28. The molecule has 0 saturated carbocycles. The highest BCUT2D eigenvalue weighted by Crippen LogP contribution is 2.33. The molecule has 0 aliphatic carbocycles. The van der Waals surface area contributed by atoms with Gasteiger partial charge in [0.2, 0.25) is 5.91 Å². The predicted octanol–water partition coefficient (Wildman–Crippen LogP) is 2.99. The van der Waals surface area contributed by atoms with Gasteiger partial charge in [-0.3, -0.25) is 14.9 Å². The highest BCUT2D eigenvalue weighted by atomic mass is 32.2. The van der Waals surface area contributed by atoms with Crippen molar-refractivity contribution in [2.24, 2.45) is 5.73 Å².